The van der Waals surface area contributed by atoms with E-state index in [9.17, 15) is 10.5 Å². The molecule has 0 N–H and O–H groups in total. The molecule has 2 heterocycles. The maximum Gasteiger partial charge on any atom is 0.187 e. The van der Waals surface area contributed by atoms with Gasteiger partial charge in [-0.2, -0.15) is 10.5 Å². The van der Waals surface area contributed by atoms with Crippen molar-refractivity contribution in [1.29, 1.82) is 10.5 Å². The third-order valence-corrected chi connectivity index (χ3v) is 7.92. The van der Waals surface area contributed by atoms with E-state index < -0.39 is 0 Å². The number of rotatable bonds is 4. The molecule has 0 radical (unpaired) electrons. The Morgan fingerprint density at radius 3 is 1.67 bits per heavy atom. The second-order valence-corrected chi connectivity index (χ2v) is 10.7. The van der Waals surface area contributed by atoms with Gasteiger partial charge in [-0.15, -0.1) is 0 Å². The minimum absolute atomic E-state index is 0.510. The lowest BCUT2D eigenvalue weighted by atomic mass is 10.0. The molecule has 0 spiro atoms. The summed E-state index contributed by atoms with van der Waals surface area (Å²) in [7, 11) is 0. The Hall–Kier alpha value is -6.62. The van der Waals surface area contributed by atoms with Crippen LogP contribution in [0.2, 0.25) is 0 Å². The van der Waals surface area contributed by atoms with Crippen LogP contribution in [0.25, 0.3) is 66.0 Å². The van der Waals surface area contributed by atoms with Crippen molar-refractivity contribution < 1.29 is 0 Å². The Morgan fingerprint density at radius 1 is 0.600 bits per heavy atom. The Bertz CT molecular complexity index is 2280. The van der Waals surface area contributed by atoms with Crippen LogP contribution in [0.4, 0.5) is 5.69 Å². The molecule has 5 aromatic carbocycles. The van der Waals surface area contributed by atoms with Crippen molar-refractivity contribution in [2.45, 2.75) is 13.8 Å². The summed E-state index contributed by atoms with van der Waals surface area (Å²) in [5, 5.41) is 21.7. The number of nitriles is 2. The van der Waals surface area contributed by atoms with Crippen molar-refractivity contribution in [2.75, 3.05) is 0 Å². The summed E-state index contributed by atoms with van der Waals surface area (Å²) in [4.78, 5) is 17.0. The van der Waals surface area contributed by atoms with E-state index in [1.54, 1.807) is 0 Å². The SMILES string of the molecule is [C-]#[N+]c1ccc(-c2ccc3c4ccc(-c5ccc(C#N)cc5)cc4n(-c4cc(-c5nc(C)nc(C)n5)ccc4C#N)c3c2)cc1. The van der Waals surface area contributed by atoms with E-state index >= 15 is 0 Å². The average Bonchev–Trinajstić information content (AvgIpc) is 3.40. The first-order chi connectivity index (χ1) is 21.9. The molecule has 0 bridgehead atoms. The van der Waals surface area contributed by atoms with Crippen LogP contribution in [0.3, 0.4) is 0 Å². The topological polar surface area (TPSA) is 95.5 Å². The van der Waals surface area contributed by atoms with Crippen molar-refractivity contribution in [2.24, 2.45) is 0 Å². The van der Waals surface area contributed by atoms with Crippen molar-refractivity contribution >= 4 is 27.5 Å². The minimum atomic E-state index is 0.510. The summed E-state index contributed by atoms with van der Waals surface area (Å²) in [6.07, 6.45) is 0. The van der Waals surface area contributed by atoms with Gasteiger partial charge in [0, 0.05) is 16.3 Å². The van der Waals surface area contributed by atoms with Crippen LogP contribution in [0.5, 0.6) is 0 Å². The zero-order chi connectivity index (χ0) is 31.1. The summed E-state index contributed by atoms with van der Waals surface area (Å²) in [5.41, 5.74) is 9.02. The Morgan fingerprint density at radius 2 is 1.13 bits per heavy atom. The fraction of sp³-hybridized carbons (Fsp3) is 0.0526. The summed E-state index contributed by atoms with van der Waals surface area (Å²) in [6, 6.07) is 38.0. The Balaban J connectivity index is 1.53. The van der Waals surface area contributed by atoms with Gasteiger partial charge in [-0.1, -0.05) is 60.7 Å². The minimum Gasteiger partial charge on any atom is -0.308 e. The highest BCUT2D eigenvalue weighted by atomic mass is 15.0. The number of benzene rings is 5. The van der Waals surface area contributed by atoms with Gasteiger partial charge in [0.15, 0.2) is 11.5 Å². The molecule has 0 aliphatic rings. The molecule has 0 amide bonds. The molecular formula is C38H23N7. The molecule has 45 heavy (non-hydrogen) atoms. The zero-order valence-corrected chi connectivity index (χ0v) is 24.4. The summed E-state index contributed by atoms with van der Waals surface area (Å²) < 4.78 is 2.14. The molecule has 0 fully saturated rings. The monoisotopic (exact) mass is 577 g/mol. The van der Waals surface area contributed by atoms with Crippen molar-refractivity contribution in [3.63, 3.8) is 0 Å². The van der Waals surface area contributed by atoms with Crippen LogP contribution < -0.4 is 0 Å². The summed E-state index contributed by atoms with van der Waals surface area (Å²) in [5.74, 6) is 1.80. The molecular weight excluding hydrogens is 554 g/mol. The predicted molar refractivity (Wildman–Crippen MR) is 176 cm³/mol. The molecule has 210 valence electrons. The van der Waals surface area contributed by atoms with E-state index in [0.717, 1.165) is 49.6 Å². The number of aromatic nitrogens is 4. The molecule has 0 saturated heterocycles. The summed E-state index contributed by atoms with van der Waals surface area (Å²) >= 11 is 0. The fourth-order valence-corrected chi connectivity index (χ4v) is 5.80. The first kappa shape index (κ1) is 27.2. The lowest BCUT2D eigenvalue weighted by Gasteiger charge is -2.13. The fourth-order valence-electron chi connectivity index (χ4n) is 5.80. The Kier molecular flexibility index (Phi) is 6.59. The van der Waals surface area contributed by atoms with E-state index in [-0.39, 0.29) is 0 Å². The van der Waals surface area contributed by atoms with E-state index in [4.69, 9.17) is 6.57 Å². The second-order valence-electron chi connectivity index (χ2n) is 10.7. The van der Waals surface area contributed by atoms with Gasteiger partial charge in [0.25, 0.3) is 0 Å². The maximum absolute atomic E-state index is 10.3. The molecule has 0 atom stereocenters. The van der Waals surface area contributed by atoms with Crippen LogP contribution in [-0.2, 0) is 0 Å². The normalized spacial score (nSPS) is 10.8. The highest BCUT2D eigenvalue weighted by Gasteiger charge is 2.18. The predicted octanol–water partition coefficient (Wildman–Crippen LogP) is 8.88. The smallest absolute Gasteiger partial charge is 0.187 e. The van der Waals surface area contributed by atoms with Crippen LogP contribution >= 0.6 is 0 Å². The standard InChI is InChI=1S/C38H23N7/c1-23-42-24(2)44-38(43-23)30-8-9-31(22-40)35(20-30)45-36-18-28(26-6-4-25(21-39)5-7-26)12-16-33(36)34-17-13-29(19-37(34)45)27-10-14-32(41-3)15-11-27/h4-20H,1-2H3. The molecule has 7 aromatic rings. The van der Waals surface area contributed by atoms with Crippen LogP contribution in [-0.4, -0.2) is 19.5 Å². The number of aryl methyl sites for hydroxylation is 2. The van der Waals surface area contributed by atoms with Gasteiger partial charge in [0.05, 0.1) is 40.5 Å². The molecule has 7 rings (SSSR count). The maximum atomic E-state index is 10.3. The lowest BCUT2D eigenvalue weighted by molar-refractivity contribution is 0.928. The molecule has 0 saturated carbocycles. The third-order valence-electron chi connectivity index (χ3n) is 7.92. The van der Waals surface area contributed by atoms with Crippen LogP contribution in [0, 0.1) is 43.1 Å². The second kappa shape index (κ2) is 10.9. The van der Waals surface area contributed by atoms with Crippen LogP contribution in [0.1, 0.15) is 22.8 Å². The average molecular weight is 578 g/mol. The Labute approximate surface area is 259 Å². The molecule has 0 aliphatic carbocycles. The molecule has 0 aliphatic heterocycles. The lowest BCUT2D eigenvalue weighted by Crippen LogP contribution is -2.02. The van der Waals surface area contributed by atoms with E-state index in [0.29, 0.717) is 40.0 Å². The molecule has 7 heteroatoms. The first-order valence-corrected chi connectivity index (χ1v) is 14.3. The summed E-state index contributed by atoms with van der Waals surface area (Å²) in [6.45, 7) is 11.0. The van der Waals surface area contributed by atoms with E-state index in [1.165, 1.54) is 0 Å². The number of nitrogens with zero attached hydrogens (tertiary/aromatic N) is 7. The van der Waals surface area contributed by atoms with Gasteiger partial charge in [-0.05, 0) is 78.6 Å². The van der Waals surface area contributed by atoms with Crippen molar-refractivity contribution in [3.8, 4) is 51.5 Å². The van der Waals surface area contributed by atoms with Gasteiger partial charge in [0.2, 0.25) is 0 Å². The van der Waals surface area contributed by atoms with Gasteiger partial charge in [-0.25, -0.2) is 19.8 Å². The molecule has 2 aromatic heterocycles. The van der Waals surface area contributed by atoms with Crippen LogP contribution in [0.15, 0.2) is 103 Å². The molecule has 0 unspecified atom stereocenters. The molecule has 7 nitrogen and oxygen atoms in total. The van der Waals surface area contributed by atoms with Crippen molar-refractivity contribution in [3.05, 3.63) is 137 Å². The first-order valence-electron chi connectivity index (χ1n) is 14.3. The van der Waals surface area contributed by atoms with Gasteiger partial charge >= 0.3 is 0 Å². The van der Waals surface area contributed by atoms with E-state index in [1.807, 2.05) is 80.6 Å². The third kappa shape index (κ3) is 4.83. The quantitative estimate of drug-likeness (QED) is 0.195. The van der Waals surface area contributed by atoms with Crippen molar-refractivity contribution in [1.82, 2.24) is 19.5 Å². The van der Waals surface area contributed by atoms with Gasteiger partial charge < -0.3 is 4.57 Å². The zero-order valence-electron chi connectivity index (χ0n) is 24.4. The highest BCUT2D eigenvalue weighted by Crippen LogP contribution is 2.38. The largest absolute Gasteiger partial charge is 0.308 e. The highest BCUT2D eigenvalue weighted by molar-refractivity contribution is 6.11. The van der Waals surface area contributed by atoms with Gasteiger partial charge in [-0.3, -0.25) is 0 Å². The number of hydrogen-bond acceptors (Lipinski definition) is 5. The van der Waals surface area contributed by atoms with Gasteiger partial charge in [0.1, 0.15) is 17.7 Å². The number of hydrogen-bond donors (Lipinski definition) is 0. The van der Waals surface area contributed by atoms with E-state index in [2.05, 4.69) is 72.9 Å². The number of fused-ring (bicyclic) bond motifs is 3.